The number of hydrogen-bond acceptors (Lipinski definition) is 8. The highest BCUT2D eigenvalue weighted by Gasteiger charge is 2.26. The largest absolute Gasteiger partial charge is 0.472 e. The molecule has 68 heavy (non-hydrogen) atoms. The van der Waals surface area contributed by atoms with Crippen molar-refractivity contribution in [3.63, 3.8) is 0 Å². The van der Waals surface area contributed by atoms with Gasteiger partial charge in [-0.25, -0.2) is 4.57 Å². The summed E-state index contributed by atoms with van der Waals surface area (Å²) >= 11 is 0. The van der Waals surface area contributed by atoms with Crippen molar-refractivity contribution < 1.29 is 37.6 Å². The third-order valence-electron chi connectivity index (χ3n) is 11.8. The van der Waals surface area contributed by atoms with Crippen molar-refractivity contribution in [2.24, 2.45) is 5.73 Å². The molecule has 0 aliphatic carbocycles. The molecule has 0 aromatic carbocycles. The fourth-order valence-corrected chi connectivity index (χ4v) is 8.48. The molecule has 3 N–H and O–H groups in total. The second kappa shape index (κ2) is 53.8. The molecule has 0 aromatic rings. The highest BCUT2D eigenvalue weighted by Crippen LogP contribution is 2.43. The van der Waals surface area contributed by atoms with E-state index in [-0.39, 0.29) is 38.6 Å². The van der Waals surface area contributed by atoms with Gasteiger partial charge in [0.1, 0.15) is 6.61 Å². The van der Waals surface area contributed by atoms with E-state index < -0.39 is 26.5 Å². The molecule has 0 aromatic heterocycles. The van der Waals surface area contributed by atoms with Gasteiger partial charge in [-0.1, -0.05) is 228 Å². The Morgan fingerprint density at radius 1 is 0.456 bits per heavy atom. The van der Waals surface area contributed by atoms with Gasteiger partial charge >= 0.3 is 19.8 Å². The van der Waals surface area contributed by atoms with E-state index in [0.29, 0.717) is 6.42 Å². The Morgan fingerprint density at radius 3 is 1.22 bits per heavy atom. The molecule has 0 aliphatic heterocycles. The Labute approximate surface area is 418 Å². The van der Waals surface area contributed by atoms with E-state index in [9.17, 15) is 19.0 Å². The van der Waals surface area contributed by atoms with Gasteiger partial charge in [-0.15, -0.1) is 0 Å². The Balaban J connectivity index is 3.84. The molecule has 9 nitrogen and oxygen atoms in total. The van der Waals surface area contributed by atoms with Crippen molar-refractivity contribution in [2.75, 3.05) is 26.4 Å². The van der Waals surface area contributed by atoms with Crippen molar-refractivity contribution in [2.45, 2.75) is 258 Å². The predicted molar refractivity (Wildman–Crippen MR) is 289 cm³/mol. The minimum absolute atomic E-state index is 0.0517. The highest BCUT2D eigenvalue weighted by molar-refractivity contribution is 7.47. The SMILES string of the molecule is CC/C=C\C/C=C\C/C=C\C/C=C\C/C=C\CCCCCCCCCCCCCCCCCCCCCC(=O)OC(COC(=O)CCCCCCC/C=C\CCCCC)COP(=O)(O)OCCN. The number of carbonyl (C=O) groups excluding carboxylic acids is 2. The summed E-state index contributed by atoms with van der Waals surface area (Å²) in [7, 11) is -4.38. The topological polar surface area (TPSA) is 134 Å². The van der Waals surface area contributed by atoms with Gasteiger partial charge in [-0.3, -0.25) is 18.6 Å². The van der Waals surface area contributed by atoms with Crippen LogP contribution in [0.4, 0.5) is 0 Å². The summed E-state index contributed by atoms with van der Waals surface area (Å²) < 4.78 is 32.9. The summed E-state index contributed by atoms with van der Waals surface area (Å²) in [4.78, 5) is 35.0. The smallest absolute Gasteiger partial charge is 0.462 e. The Bertz CT molecular complexity index is 1340. The zero-order valence-electron chi connectivity index (χ0n) is 43.8. The normalized spacial score (nSPS) is 13.6. The standard InChI is InChI=1S/C58H104NO8P/c1-3-5-7-9-11-13-15-17-18-19-20-21-22-23-24-25-26-27-28-29-30-31-32-33-34-35-36-37-38-39-41-43-45-47-49-51-58(61)67-56(55-66-68(62,63)65-53-52-59)54-64-57(60)50-48-46-44-42-40-16-14-12-10-8-6-4-2/h5,7,11-14,17-18,20-21,23-24,56H,3-4,6,8-10,15-16,19,22,25-55,59H2,1-2H3,(H,62,63)/b7-5-,13-11-,14-12-,18-17-,21-20-,24-23-. The third-order valence-corrected chi connectivity index (χ3v) is 12.8. The predicted octanol–water partition coefficient (Wildman–Crippen LogP) is 17.3. The lowest BCUT2D eigenvalue weighted by atomic mass is 10.0. The summed E-state index contributed by atoms with van der Waals surface area (Å²) in [6.45, 7) is 3.60. The van der Waals surface area contributed by atoms with Gasteiger partial charge in [0.25, 0.3) is 0 Å². The van der Waals surface area contributed by atoms with Crippen molar-refractivity contribution >= 4 is 19.8 Å². The first-order valence-corrected chi connectivity index (χ1v) is 29.4. The first kappa shape index (κ1) is 65.5. The molecular weight excluding hydrogens is 870 g/mol. The number of ether oxygens (including phenoxy) is 2. The number of phosphoric acid groups is 1. The van der Waals surface area contributed by atoms with E-state index in [2.05, 4.69) is 86.8 Å². The summed E-state index contributed by atoms with van der Waals surface area (Å²) in [5.74, 6) is -0.833. The number of nitrogens with two attached hydrogens (primary N) is 1. The van der Waals surface area contributed by atoms with Gasteiger partial charge in [0.05, 0.1) is 13.2 Å². The van der Waals surface area contributed by atoms with Crippen LogP contribution in [-0.2, 0) is 32.7 Å². The quantitative estimate of drug-likeness (QED) is 0.0264. The van der Waals surface area contributed by atoms with Gasteiger partial charge in [0, 0.05) is 19.4 Å². The third kappa shape index (κ3) is 52.8. The van der Waals surface area contributed by atoms with Crippen molar-refractivity contribution in [1.29, 1.82) is 0 Å². The lowest BCUT2D eigenvalue weighted by Gasteiger charge is -2.19. The summed E-state index contributed by atoms with van der Waals surface area (Å²) in [6, 6.07) is 0. The molecule has 0 aliphatic rings. The molecule has 0 amide bonds. The number of hydrogen-bond donors (Lipinski definition) is 2. The van der Waals surface area contributed by atoms with Crippen LogP contribution in [0.5, 0.6) is 0 Å². The maximum Gasteiger partial charge on any atom is 0.472 e. The lowest BCUT2D eigenvalue weighted by Crippen LogP contribution is -2.29. The fraction of sp³-hybridized carbons (Fsp3) is 0.759. The molecule has 0 saturated heterocycles. The van der Waals surface area contributed by atoms with Crippen molar-refractivity contribution in [3.8, 4) is 0 Å². The number of unbranched alkanes of at least 4 members (excludes halogenated alkanes) is 27. The summed E-state index contributed by atoms with van der Waals surface area (Å²) in [5.41, 5.74) is 5.37. The van der Waals surface area contributed by atoms with E-state index in [1.54, 1.807) is 0 Å². The first-order chi connectivity index (χ1) is 33.3. The van der Waals surface area contributed by atoms with Gasteiger partial charge < -0.3 is 20.1 Å². The van der Waals surface area contributed by atoms with Crippen LogP contribution >= 0.6 is 7.82 Å². The van der Waals surface area contributed by atoms with Crippen LogP contribution in [0.2, 0.25) is 0 Å². The van der Waals surface area contributed by atoms with Crippen LogP contribution in [0.15, 0.2) is 72.9 Å². The molecule has 0 radical (unpaired) electrons. The molecule has 0 heterocycles. The van der Waals surface area contributed by atoms with Crippen LogP contribution in [0.1, 0.15) is 251 Å². The molecule has 394 valence electrons. The van der Waals surface area contributed by atoms with Gasteiger partial charge in [-0.05, 0) is 83.5 Å². The van der Waals surface area contributed by atoms with Crippen LogP contribution in [-0.4, -0.2) is 49.3 Å². The maximum absolute atomic E-state index is 12.7. The molecule has 2 atom stereocenters. The fourth-order valence-electron chi connectivity index (χ4n) is 7.72. The highest BCUT2D eigenvalue weighted by atomic mass is 31.2. The summed E-state index contributed by atoms with van der Waals surface area (Å²) in [5, 5.41) is 0. The van der Waals surface area contributed by atoms with Crippen LogP contribution in [0.25, 0.3) is 0 Å². The molecule has 10 heteroatoms. The Hall–Kier alpha value is -2.55. The molecular formula is C58H104NO8P. The van der Waals surface area contributed by atoms with Crippen LogP contribution < -0.4 is 5.73 Å². The zero-order chi connectivity index (χ0) is 49.5. The van der Waals surface area contributed by atoms with Crippen molar-refractivity contribution in [3.05, 3.63) is 72.9 Å². The van der Waals surface area contributed by atoms with E-state index in [1.807, 2.05) is 0 Å². The molecule has 0 saturated carbocycles. The van der Waals surface area contributed by atoms with Gasteiger partial charge in [0.2, 0.25) is 0 Å². The molecule has 2 unspecified atom stereocenters. The van der Waals surface area contributed by atoms with E-state index in [0.717, 1.165) is 89.9 Å². The van der Waals surface area contributed by atoms with E-state index in [1.165, 1.54) is 128 Å². The molecule has 0 rings (SSSR count). The number of carbonyl (C=O) groups is 2. The minimum atomic E-state index is -4.38. The van der Waals surface area contributed by atoms with Crippen LogP contribution in [0.3, 0.4) is 0 Å². The second-order valence-electron chi connectivity index (χ2n) is 18.4. The first-order valence-electron chi connectivity index (χ1n) is 27.9. The monoisotopic (exact) mass is 974 g/mol. The van der Waals surface area contributed by atoms with Gasteiger partial charge in [0.15, 0.2) is 6.10 Å². The maximum atomic E-state index is 12.7. The zero-order valence-corrected chi connectivity index (χ0v) is 44.7. The molecule has 0 spiro atoms. The number of rotatable bonds is 52. The lowest BCUT2D eigenvalue weighted by molar-refractivity contribution is -0.161. The van der Waals surface area contributed by atoms with Crippen LogP contribution in [0, 0.1) is 0 Å². The Morgan fingerprint density at radius 2 is 0.809 bits per heavy atom. The average Bonchev–Trinajstić information content (AvgIpc) is 3.33. The van der Waals surface area contributed by atoms with E-state index >= 15 is 0 Å². The minimum Gasteiger partial charge on any atom is -0.462 e. The second-order valence-corrected chi connectivity index (χ2v) is 19.9. The van der Waals surface area contributed by atoms with Crippen molar-refractivity contribution in [1.82, 2.24) is 0 Å². The number of esters is 2. The number of phosphoric ester groups is 1. The van der Waals surface area contributed by atoms with E-state index in [4.69, 9.17) is 24.3 Å². The number of allylic oxidation sites excluding steroid dienone is 12. The molecule has 0 fully saturated rings. The average molecular weight is 974 g/mol. The Kier molecular flexibility index (Phi) is 51.8. The van der Waals surface area contributed by atoms with Gasteiger partial charge in [-0.2, -0.15) is 0 Å². The molecule has 0 bridgehead atoms. The summed E-state index contributed by atoms with van der Waals surface area (Å²) in [6.07, 6.45) is 68.3.